The second-order valence-corrected chi connectivity index (χ2v) is 5.26. The fraction of sp³-hybridized carbons (Fsp3) is 0.818. The molecule has 0 spiro atoms. The number of nitrogens with zero attached hydrogens (tertiary/aromatic N) is 1. The van der Waals surface area contributed by atoms with Gasteiger partial charge in [0.1, 0.15) is 0 Å². The molecule has 0 aromatic heterocycles. The number of nitrogens with two attached hydrogens (primary N) is 1. The van der Waals surface area contributed by atoms with E-state index in [4.69, 9.17) is 10.6 Å². The van der Waals surface area contributed by atoms with Crippen molar-refractivity contribution in [2.45, 2.75) is 33.6 Å². The van der Waals surface area contributed by atoms with Crippen molar-refractivity contribution < 1.29 is 14.4 Å². The van der Waals surface area contributed by atoms with Crippen LogP contribution >= 0.6 is 0 Å². The Kier molecular flexibility index (Phi) is 3.91. The van der Waals surface area contributed by atoms with Crippen molar-refractivity contribution in [3.63, 3.8) is 0 Å². The summed E-state index contributed by atoms with van der Waals surface area (Å²) in [7, 11) is 0. The van der Waals surface area contributed by atoms with Gasteiger partial charge in [-0.15, -0.1) is 5.06 Å². The molecule has 1 saturated heterocycles. The maximum atomic E-state index is 11.6. The number of amides is 1. The number of hydrogen-bond acceptors (Lipinski definition) is 4. The average Bonchev–Trinajstić information content (AvgIpc) is 2.16. The Balaban J connectivity index is 2.49. The van der Waals surface area contributed by atoms with Crippen molar-refractivity contribution >= 4 is 11.9 Å². The summed E-state index contributed by atoms with van der Waals surface area (Å²) in [4.78, 5) is 27.9. The highest BCUT2D eigenvalue weighted by Gasteiger charge is 2.30. The molecule has 1 aliphatic rings. The number of carbonyl (C=O) groups is 2. The van der Waals surface area contributed by atoms with E-state index in [0.29, 0.717) is 13.1 Å². The topological polar surface area (TPSA) is 72.6 Å². The Bertz CT molecular complexity index is 283. The number of primary amides is 1. The van der Waals surface area contributed by atoms with E-state index >= 15 is 0 Å². The summed E-state index contributed by atoms with van der Waals surface area (Å²) in [6.07, 6.45) is 1.60. The lowest BCUT2D eigenvalue weighted by Crippen LogP contribution is -2.43. The van der Waals surface area contributed by atoms with Crippen LogP contribution < -0.4 is 5.73 Å². The van der Waals surface area contributed by atoms with E-state index in [1.54, 1.807) is 25.8 Å². The fourth-order valence-corrected chi connectivity index (χ4v) is 1.51. The van der Waals surface area contributed by atoms with Crippen LogP contribution in [0, 0.1) is 11.3 Å². The summed E-state index contributed by atoms with van der Waals surface area (Å²) in [5, 5.41) is 1.55. The molecule has 1 heterocycles. The van der Waals surface area contributed by atoms with Gasteiger partial charge in [-0.2, -0.15) is 0 Å². The van der Waals surface area contributed by atoms with Gasteiger partial charge in [0, 0.05) is 13.1 Å². The van der Waals surface area contributed by atoms with Crippen LogP contribution in [0.5, 0.6) is 0 Å². The van der Waals surface area contributed by atoms with Crippen LogP contribution in [0.3, 0.4) is 0 Å². The standard InChI is InChI=1S/C11H20N2O3/c1-11(2,3)10(15)16-13-6-4-5-8(7-13)9(12)14/h8H,4-7H2,1-3H3,(H2,12,14). The lowest BCUT2D eigenvalue weighted by Gasteiger charge is -2.31. The first-order chi connectivity index (χ1) is 7.30. The van der Waals surface area contributed by atoms with Gasteiger partial charge in [0.15, 0.2) is 0 Å². The third kappa shape index (κ3) is 3.48. The molecule has 0 saturated carbocycles. The van der Waals surface area contributed by atoms with Gasteiger partial charge < -0.3 is 10.6 Å². The van der Waals surface area contributed by atoms with E-state index < -0.39 is 5.41 Å². The van der Waals surface area contributed by atoms with E-state index in [0.717, 1.165) is 12.8 Å². The Morgan fingerprint density at radius 2 is 2.00 bits per heavy atom. The molecule has 5 heteroatoms. The zero-order valence-corrected chi connectivity index (χ0v) is 10.2. The van der Waals surface area contributed by atoms with E-state index in [1.807, 2.05) is 0 Å². The van der Waals surface area contributed by atoms with Gasteiger partial charge >= 0.3 is 5.97 Å². The van der Waals surface area contributed by atoms with Crippen LogP contribution in [-0.4, -0.2) is 30.0 Å². The molecule has 1 atom stereocenters. The molecular formula is C11H20N2O3. The highest BCUT2D eigenvalue weighted by molar-refractivity contribution is 5.77. The predicted octanol–water partition coefficient (Wildman–Crippen LogP) is 0.688. The summed E-state index contributed by atoms with van der Waals surface area (Å²) < 4.78 is 0. The number of hydrogen-bond donors (Lipinski definition) is 1. The third-order valence-electron chi connectivity index (χ3n) is 2.61. The maximum absolute atomic E-state index is 11.6. The van der Waals surface area contributed by atoms with E-state index in [1.165, 1.54) is 0 Å². The molecule has 1 amide bonds. The summed E-state index contributed by atoms with van der Waals surface area (Å²) in [6.45, 7) is 6.48. The third-order valence-corrected chi connectivity index (χ3v) is 2.61. The summed E-state index contributed by atoms with van der Waals surface area (Å²) in [5.74, 6) is -0.810. The molecule has 0 aliphatic carbocycles. The molecular weight excluding hydrogens is 208 g/mol. The molecule has 92 valence electrons. The Morgan fingerprint density at radius 1 is 1.38 bits per heavy atom. The minimum absolute atomic E-state index is 0.207. The monoisotopic (exact) mass is 228 g/mol. The van der Waals surface area contributed by atoms with Gasteiger partial charge in [0.25, 0.3) is 0 Å². The Hall–Kier alpha value is -1.10. The van der Waals surface area contributed by atoms with Crippen molar-refractivity contribution in [1.29, 1.82) is 0 Å². The van der Waals surface area contributed by atoms with Gasteiger partial charge in [-0.3, -0.25) is 4.79 Å². The van der Waals surface area contributed by atoms with Crippen molar-refractivity contribution in [2.75, 3.05) is 13.1 Å². The van der Waals surface area contributed by atoms with Crippen LogP contribution in [0.15, 0.2) is 0 Å². The second-order valence-electron chi connectivity index (χ2n) is 5.26. The van der Waals surface area contributed by atoms with E-state index in [9.17, 15) is 9.59 Å². The molecule has 5 nitrogen and oxygen atoms in total. The van der Waals surface area contributed by atoms with Crippen LogP contribution in [-0.2, 0) is 14.4 Å². The molecule has 1 rings (SSSR count). The highest BCUT2D eigenvalue weighted by atomic mass is 16.7. The molecule has 1 fully saturated rings. The Labute approximate surface area is 95.9 Å². The minimum atomic E-state index is -0.528. The van der Waals surface area contributed by atoms with Crippen molar-refractivity contribution in [3.8, 4) is 0 Å². The zero-order chi connectivity index (χ0) is 12.3. The normalized spacial score (nSPS) is 22.8. The molecule has 0 aromatic carbocycles. The highest BCUT2D eigenvalue weighted by Crippen LogP contribution is 2.20. The maximum Gasteiger partial charge on any atom is 0.330 e. The van der Waals surface area contributed by atoms with E-state index in [2.05, 4.69) is 0 Å². The largest absolute Gasteiger partial charge is 0.369 e. The minimum Gasteiger partial charge on any atom is -0.369 e. The van der Waals surface area contributed by atoms with Gasteiger partial charge in [-0.05, 0) is 33.6 Å². The van der Waals surface area contributed by atoms with E-state index in [-0.39, 0.29) is 17.8 Å². The number of rotatable bonds is 2. The van der Waals surface area contributed by atoms with Gasteiger partial charge in [0.2, 0.25) is 5.91 Å². The summed E-state index contributed by atoms with van der Waals surface area (Å²) >= 11 is 0. The van der Waals surface area contributed by atoms with Gasteiger partial charge in [-0.1, -0.05) is 0 Å². The van der Waals surface area contributed by atoms with Crippen molar-refractivity contribution in [1.82, 2.24) is 5.06 Å². The predicted molar refractivity (Wildman–Crippen MR) is 59.0 cm³/mol. The smallest absolute Gasteiger partial charge is 0.330 e. The van der Waals surface area contributed by atoms with Crippen molar-refractivity contribution in [3.05, 3.63) is 0 Å². The van der Waals surface area contributed by atoms with Gasteiger partial charge in [-0.25, -0.2) is 4.79 Å². The number of piperidine rings is 1. The summed E-state index contributed by atoms with van der Waals surface area (Å²) in [6, 6.07) is 0. The van der Waals surface area contributed by atoms with Crippen LogP contribution in [0.4, 0.5) is 0 Å². The van der Waals surface area contributed by atoms with Crippen LogP contribution in [0.25, 0.3) is 0 Å². The van der Waals surface area contributed by atoms with Gasteiger partial charge in [0.05, 0.1) is 11.3 Å². The lowest BCUT2D eigenvalue weighted by molar-refractivity contribution is -0.207. The Morgan fingerprint density at radius 3 is 2.50 bits per heavy atom. The molecule has 2 N–H and O–H groups in total. The number of hydroxylamine groups is 2. The fourth-order valence-electron chi connectivity index (χ4n) is 1.51. The second kappa shape index (κ2) is 4.82. The van der Waals surface area contributed by atoms with Crippen molar-refractivity contribution in [2.24, 2.45) is 17.1 Å². The molecule has 1 unspecified atom stereocenters. The lowest BCUT2D eigenvalue weighted by atomic mass is 9.97. The average molecular weight is 228 g/mol. The molecule has 1 aliphatic heterocycles. The molecule has 0 bridgehead atoms. The van der Waals surface area contributed by atoms with Crippen LogP contribution in [0.2, 0.25) is 0 Å². The molecule has 16 heavy (non-hydrogen) atoms. The van der Waals surface area contributed by atoms with Crippen LogP contribution in [0.1, 0.15) is 33.6 Å². The first-order valence-electron chi connectivity index (χ1n) is 5.57. The molecule has 0 aromatic rings. The zero-order valence-electron chi connectivity index (χ0n) is 10.2. The first kappa shape index (κ1) is 13.0. The molecule has 0 radical (unpaired) electrons. The quantitative estimate of drug-likeness (QED) is 0.754. The SMILES string of the molecule is CC(C)(C)C(=O)ON1CCCC(C(N)=O)C1. The number of carbonyl (C=O) groups excluding carboxylic acids is 2. The summed E-state index contributed by atoms with van der Waals surface area (Å²) in [5.41, 5.74) is 4.71. The first-order valence-corrected chi connectivity index (χ1v) is 5.57.